The van der Waals surface area contributed by atoms with Gasteiger partial charge in [-0.15, -0.1) is 0 Å². The summed E-state index contributed by atoms with van der Waals surface area (Å²) in [6.45, 7) is 12.3. The minimum Gasteiger partial charge on any atom is -0.480 e. The van der Waals surface area contributed by atoms with E-state index in [1.165, 1.54) is 18.8 Å². The van der Waals surface area contributed by atoms with Gasteiger partial charge in [0.15, 0.2) is 5.78 Å². The normalized spacial score (nSPS) is 9.49. The largest absolute Gasteiger partial charge is 1.00 e. The summed E-state index contributed by atoms with van der Waals surface area (Å²) in [5, 5.41) is 51.8. The second kappa shape index (κ2) is 93.1. The van der Waals surface area contributed by atoms with Gasteiger partial charge in [0.05, 0.1) is 190 Å². The zero-order valence-corrected chi connectivity index (χ0v) is 49.0. The Morgan fingerprint density at radius 2 is 0.654 bits per heavy atom. The molecule has 0 amide bonds. The molecule has 0 heterocycles. The first-order valence-electron chi connectivity index (χ1n) is 22.6. The van der Waals surface area contributed by atoms with Crippen LogP contribution in [-0.4, -0.2) is 274 Å². The third-order valence-corrected chi connectivity index (χ3v) is 7.37. The summed E-state index contributed by atoms with van der Waals surface area (Å²) >= 11 is 2.96. The maximum atomic E-state index is 10.5. The van der Waals surface area contributed by atoms with Crippen molar-refractivity contribution in [2.75, 3.05) is 223 Å². The van der Waals surface area contributed by atoms with Crippen LogP contribution in [0.25, 0.3) is 47.3 Å². The molecule has 0 radical (unpaired) electrons. The molecule has 78 heavy (non-hydrogen) atoms. The van der Waals surface area contributed by atoms with Gasteiger partial charge in [0.1, 0.15) is 19.0 Å². The number of aliphatic hydroxyl groups is 4. The molecule has 0 aromatic rings. The molecule has 35 nitrogen and oxygen atoms in total. The van der Waals surface area contributed by atoms with Crippen LogP contribution in [0.1, 0.15) is 21.3 Å². The third-order valence-electron chi connectivity index (χ3n) is 5.99. The van der Waals surface area contributed by atoms with Crippen molar-refractivity contribution in [3.05, 3.63) is 47.3 Å². The minimum absolute atomic E-state index is 0. The van der Waals surface area contributed by atoms with Crippen LogP contribution in [0.5, 0.6) is 0 Å². The topological polar surface area (TPSA) is 511 Å². The summed E-state index contributed by atoms with van der Waals surface area (Å²) in [5.74, 6) is -0.826. The Morgan fingerprint density at radius 3 is 0.859 bits per heavy atom. The quantitative estimate of drug-likeness (QED) is 0.00943. The van der Waals surface area contributed by atoms with Crippen LogP contribution in [0.2, 0.25) is 0 Å². The van der Waals surface area contributed by atoms with Crippen molar-refractivity contribution in [3.8, 4) is 0 Å². The standard InChI is InChI=1S/C9H17N3O4.C8H15N3O5.C7H16O6S.C6H13N3O3.C6H14O4.C3H5BrO.CH4.N3.Na/c1-9(13)8-16-7-6-15-5-4-14-3-2-11-12-10;9-11-10-1-2-14-3-4-15-5-6-16-7-8(12)13;1-14(9,10)13-7-6-12-5-4-11-3-2-8;7-9-8-1-3-11-5-6-12-4-2-10;7-1-3-9-5-6-10-4-2-8;1-3(5)2-4;;1-3-2;/h2-8H2,1H3;1-7H2,(H,12,13);8H,2-7H2,1H3;10H,1-6H2;7-8H,1-6H2;2H2,1H3;1H4;;/q;;;;;;;-1;+1. The fourth-order valence-electron chi connectivity index (χ4n) is 3.17. The number of halogens is 1. The molecule has 0 rings (SSSR count). The number of Topliss-reactive ketones (excluding diaryl/α,β-unsaturated/α-hetero) is 2. The minimum atomic E-state index is -3.37. The number of hydrogen-bond acceptors (Lipinski definition) is 25. The molecule has 0 bridgehead atoms. The first-order valence-corrected chi connectivity index (χ1v) is 25.5. The van der Waals surface area contributed by atoms with Gasteiger partial charge in [-0.3, -0.25) is 18.7 Å². The second-order valence-electron chi connectivity index (χ2n) is 12.5. The molecule has 456 valence electrons. The van der Waals surface area contributed by atoms with Crippen molar-refractivity contribution in [2.24, 2.45) is 15.3 Å². The fourth-order valence-corrected chi connectivity index (χ4v) is 3.54. The zero-order valence-electron chi connectivity index (χ0n) is 44.6. The SMILES string of the molecule is C.CC(=O)CBr.CC(=O)COCCOCCOCCN=[N+]=[N-].CS(=O)(=O)OCCOCCOCCO.OCCOCCOCCO.[N-]=[N+]=NCCOCCOCCO.[N-]=[N+]=NCCOCCOCCOCC(=O)O.[N-]=[N+]=[N-].[Na+]. The number of rotatable bonds is 47. The molecule has 0 aromatic heterocycles. The van der Waals surface area contributed by atoms with Gasteiger partial charge < -0.3 is 93.4 Å². The Bertz CT molecular complexity index is 1450. The molecule has 0 aliphatic carbocycles. The van der Waals surface area contributed by atoms with Crippen molar-refractivity contribution < 1.29 is 139 Å². The smallest absolute Gasteiger partial charge is 0.480 e. The van der Waals surface area contributed by atoms with Gasteiger partial charge in [0, 0.05) is 34.4 Å². The maximum absolute atomic E-state index is 10.5. The number of aliphatic hydroxyl groups excluding tert-OH is 4. The first-order chi connectivity index (χ1) is 36.6. The van der Waals surface area contributed by atoms with Crippen molar-refractivity contribution in [1.29, 1.82) is 0 Å². The monoisotopic (exact) mass is 1230 g/mol. The Morgan fingerprint density at radius 1 is 0.436 bits per heavy atom. The van der Waals surface area contributed by atoms with E-state index in [0.717, 1.165) is 6.26 Å². The second-order valence-corrected chi connectivity index (χ2v) is 14.7. The number of alkyl halides is 1. The molecule has 0 spiro atoms. The van der Waals surface area contributed by atoms with Gasteiger partial charge in [0.25, 0.3) is 10.1 Å². The summed E-state index contributed by atoms with van der Waals surface area (Å²) < 4.78 is 85.0. The molecule has 0 aliphatic heterocycles. The van der Waals surface area contributed by atoms with E-state index >= 15 is 0 Å². The molecular formula is C40H84BrN12NaO23S. The molecule has 0 unspecified atom stereocenters. The van der Waals surface area contributed by atoms with Crippen molar-refractivity contribution in [3.63, 3.8) is 0 Å². The van der Waals surface area contributed by atoms with Crippen LogP contribution < -0.4 is 29.6 Å². The molecule has 0 atom stereocenters. The van der Waals surface area contributed by atoms with Crippen LogP contribution in [-0.2, 0) is 85.5 Å². The number of carbonyl (C=O) groups excluding carboxylic acids is 2. The average Bonchev–Trinajstić information content (AvgIpc) is 3.38. The molecular weight excluding hydrogens is 1150 g/mol. The Labute approximate surface area is 486 Å². The van der Waals surface area contributed by atoms with Crippen molar-refractivity contribution in [2.45, 2.75) is 21.3 Å². The fraction of sp³-hybridized carbons (Fsp3) is 0.925. The number of aliphatic carboxylic acids is 1. The number of hydrogen-bond donors (Lipinski definition) is 5. The van der Waals surface area contributed by atoms with Crippen LogP contribution in [0.15, 0.2) is 15.3 Å². The van der Waals surface area contributed by atoms with Gasteiger partial charge in [-0.2, -0.15) is 8.42 Å². The van der Waals surface area contributed by atoms with E-state index < -0.39 is 16.1 Å². The Kier molecular flexibility index (Phi) is 112. The average molecular weight is 1240 g/mol. The predicted octanol–water partition coefficient (Wildman–Crippen LogP) is -0.842. The van der Waals surface area contributed by atoms with Crippen LogP contribution in [0.4, 0.5) is 0 Å². The number of carboxylic acid groups (broad SMARTS) is 1. The van der Waals surface area contributed by atoms with Crippen molar-refractivity contribution in [1.82, 2.24) is 0 Å². The predicted molar refractivity (Wildman–Crippen MR) is 281 cm³/mol. The number of carbonyl (C=O) groups is 3. The Balaban J connectivity index is -0.000000105. The van der Waals surface area contributed by atoms with Crippen LogP contribution >= 0.6 is 15.9 Å². The Hall–Kier alpha value is -3.20. The molecule has 0 aliphatic rings. The van der Waals surface area contributed by atoms with Gasteiger partial charge in [-0.1, -0.05) is 38.7 Å². The summed E-state index contributed by atoms with van der Waals surface area (Å²) in [7, 11) is -3.37. The zero-order chi connectivity index (χ0) is 58.7. The number of carboxylic acids is 1. The summed E-state index contributed by atoms with van der Waals surface area (Å²) in [5.41, 5.74) is 37.3. The van der Waals surface area contributed by atoms with E-state index in [2.05, 4.69) is 50.2 Å². The van der Waals surface area contributed by atoms with Crippen LogP contribution in [0, 0.1) is 0 Å². The van der Waals surface area contributed by atoms with E-state index in [1.54, 1.807) is 0 Å². The van der Waals surface area contributed by atoms with E-state index in [1.807, 2.05) is 0 Å². The number of nitrogens with zero attached hydrogens (tertiary/aromatic N) is 12. The molecule has 0 saturated heterocycles. The van der Waals surface area contributed by atoms with E-state index in [-0.39, 0.29) is 115 Å². The van der Waals surface area contributed by atoms with Gasteiger partial charge in [-0.25, -0.2) is 4.79 Å². The number of azide groups is 3. The van der Waals surface area contributed by atoms with E-state index in [4.69, 9.17) is 110 Å². The van der Waals surface area contributed by atoms with Crippen molar-refractivity contribution >= 4 is 43.6 Å². The maximum Gasteiger partial charge on any atom is 1.00 e. The van der Waals surface area contributed by atoms with Gasteiger partial charge in [0.2, 0.25) is 0 Å². The van der Waals surface area contributed by atoms with E-state index in [9.17, 15) is 22.8 Å². The van der Waals surface area contributed by atoms with Gasteiger partial charge in [-0.05, 0) is 30.4 Å². The number of ketones is 2. The molecule has 0 fully saturated rings. The number of ether oxygens (including phenoxy) is 12. The third kappa shape index (κ3) is 140. The van der Waals surface area contributed by atoms with Gasteiger partial charge >= 0.3 is 35.5 Å². The molecule has 0 saturated carbocycles. The van der Waals surface area contributed by atoms with Crippen LogP contribution in [0.3, 0.4) is 0 Å². The molecule has 5 N–H and O–H groups in total. The summed E-state index contributed by atoms with van der Waals surface area (Å²) in [6, 6.07) is 0. The summed E-state index contributed by atoms with van der Waals surface area (Å²) in [6.07, 6.45) is 0.983. The summed E-state index contributed by atoms with van der Waals surface area (Å²) in [4.78, 5) is 39.5. The molecule has 0 aromatic carbocycles. The first kappa shape index (κ1) is 94.1. The van der Waals surface area contributed by atoms with E-state index in [0.29, 0.717) is 150 Å². The molecule has 38 heteroatoms.